The Morgan fingerprint density at radius 3 is 2.28 bits per heavy atom. The minimum absolute atomic E-state index is 0.0475. The molecule has 3 aromatic carbocycles. The van der Waals surface area contributed by atoms with Crippen molar-refractivity contribution in [2.24, 2.45) is 5.14 Å². The molecule has 0 aliphatic carbocycles. The first-order chi connectivity index (χ1) is 17.2. The molecular formula is C25H21ClN4O5S. The zero-order chi connectivity index (χ0) is 25.7. The second-order valence-corrected chi connectivity index (χ2v) is 9.70. The predicted octanol–water partition coefficient (Wildman–Crippen LogP) is 3.31. The first-order valence-corrected chi connectivity index (χ1v) is 12.6. The van der Waals surface area contributed by atoms with Crippen molar-refractivity contribution in [2.45, 2.75) is 11.5 Å². The molecule has 0 radical (unpaired) electrons. The van der Waals surface area contributed by atoms with Crippen LogP contribution in [0.2, 0.25) is 5.02 Å². The SMILES string of the molecule is NS(=O)(=O)c1ccc(-n2nc(C(=O)NCC(=O)OCc3ccccc3)cc2-c2ccc(Cl)cc2)cc1. The van der Waals surface area contributed by atoms with E-state index < -0.39 is 21.9 Å². The smallest absolute Gasteiger partial charge is 0.325 e. The quantitative estimate of drug-likeness (QED) is 0.340. The molecule has 3 N–H and O–H groups in total. The van der Waals surface area contributed by atoms with Gasteiger partial charge in [0.1, 0.15) is 13.2 Å². The third kappa shape index (κ3) is 6.16. The molecular weight excluding hydrogens is 504 g/mol. The molecule has 36 heavy (non-hydrogen) atoms. The first-order valence-electron chi connectivity index (χ1n) is 10.7. The van der Waals surface area contributed by atoms with Gasteiger partial charge >= 0.3 is 5.97 Å². The van der Waals surface area contributed by atoms with Crippen LogP contribution in [0.4, 0.5) is 0 Å². The highest BCUT2D eigenvalue weighted by Crippen LogP contribution is 2.26. The van der Waals surface area contributed by atoms with Gasteiger partial charge in [-0.25, -0.2) is 18.2 Å². The molecule has 0 bridgehead atoms. The van der Waals surface area contributed by atoms with Crippen molar-refractivity contribution in [3.8, 4) is 16.9 Å². The van der Waals surface area contributed by atoms with E-state index in [4.69, 9.17) is 21.5 Å². The summed E-state index contributed by atoms with van der Waals surface area (Å²) in [6.07, 6.45) is 0. The molecule has 0 spiro atoms. The highest BCUT2D eigenvalue weighted by atomic mass is 35.5. The molecule has 1 heterocycles. The van der Waals surface area contributed by atoms with Gasteiger partial charge in [-0.05, 0) is 48.0 Å². The van der Waals surface area contributed by atoms with Gasteiger partial charge in [0.2, 0.25) is 10.0 Å². The number of hydrogen-bond donors (Lipinski definition) is 2. The number of nitrogens with two attached hydrogens (primary N) is 1. The number of primary sulfonamides is 1. The molecule has 0 fully saturated rings. The molecule has 4 aromatic rings. The van der Waals surface area contributed by atoms with Crippen LogP contribution in [-0.4, -0.2) is 36.6 Å². The van der Waals surface area contributed by atoms with Crippen molar-refractivity contribution >= 4 is 33.5 Å². The summed E-state index contributed by atoms with van der Waals surface area (Å²) >= 11 is 6.01. The zero-order valence-electron chi connectivity index (χ0n) is 18.8. The average molecular weight is 525 g/mol. The summed E-state index contributed by atoms with van der Waals surface area (Å²) in [4.78, 5) is 24.8. The van der Waals surface area contributed by atoms with Crippen molar-refractivity contribution in [3.05, 3.63) is 101 Å². The normalized spacial score (nSPS) is 11.2. The van der Waals surface area contributed by atoms with Crippen LogP contribution in [0.15, 0.2) is 89.8 Å². The lowest BCUT2D eigenvalue weighted by molar-refractivity contribution is -0.143. The lowest BCUT2D eigenvalue weighted by Crippen LogP contribution is -2.30. The fourth-order valence-electron chi connectivity index (χ4n) is 3.32. The molecule has 9 nitrogen and oxygen atoms in total. The van der Waals surface area contributed by atoms with Crippen molar-refractivity contribution < 1.29 is 22.7 Å². The van der Waals surface area contributed by atoms with Crippen LogP contribution < -0.4 is 10.5 Å². The third-order valence-corrected chi connectivity index (χ3v) is 6.31. The molecule has 0 aliphatic heterocycles. The topological polar surface area (TPSA) is 133 Å². The van der Waals surface area contributed by atoms with Crippen LogP contribution in [0.25, 0.3) is 16.9 Å². The second kappa shape index (κ2) is 10.7. The van der Waals surface area contributed by atoms with Crippen LogP contribution >= 0.6 is 11.6 Å². The van der Waals surface area contributed by atoms with Gasteiger partial charge in [0, 0.05) is 10.6 Å². The number of nitrogens with zero attached hydrogens (tertiary/aromatic N) is 2. The number of nitrogens with one attached hydrogen (secondary N) is 1. The van der Waals surface area contributed by atoms with Crippen LogP contribution in [0.3, 0.4) is 0 Å². The number of ether oxygens (including phenoxy) is 1. The van der Waals surface area contributed by atoms with E-state index in [-0.39, 0.29) is 23.7 Å². The van der Waals surface area contributed by atoms with Crippen molar-refractivity contribution in [2.75, 3.05) is 6.54 Å². The highest BCUT2D eigenvalue weighted by molar-refractivity contribution is 7.89. The number of hydrogen-bond acceptors (Lipinski definition) is 6. The summed E-state index contributed by atoms with van der Waals surface area (Å²) in [5.74, 6) is -1.18. The highest BCUT2D eigenvalue weighted by Gasteiger charge is 2.18. The van der Waals surface area contributed by atoms with Gasteiger partial charge in [-0.15, -0.1) is 0 Å². The number of amides is 1. The molecule has 1 amide bonds. The fraction of sp³-hybridized carbons (Fsp3) is 0.0800. The molecule has 184 valence electrons. The van der Waals surface area contributed by atoms with E-state index in [2.05, 4.69) is 10.4 Å². The first kappa shape index (κ1) is 25.1. The summed E-state index contributed by atoms with van der Waals surface area (Å²) < 4.78 is 29.9. The predicted molar refractivity (Wildman–Crippen MR) is 134 cm³/mol. The standard InChI is InChI=1S/C25H21ClN4O5S/c26-19-8-6-18(7-9-19)23-14-22(29-30(23)20-10-12-21(13-11-20)36(27,33)34)25(32)28-15-24(31)35-16-17-4-2-1-3-5-17/h1-14H,15-16H2,(H,28,32)(H2,27,33,34). The van der Waals surface area contributed by atoms with Crippen LogP contribution in [0, 0.1) is 0 Å². The van der Waals surface area contributed by atoms with Crippen LogP contribution in [0.5, 0.6) is 0 Å². The van der Waals surface area contributed by atoms with Gasteiger partial charge in [0.15, 0.2) is 5.69 Å². The second-order valence-electron chi connectivity index (χ2n) is 7.70. The number of esters is 1. The van der Waals surface area contributed by atoms with E-state index in [9.17, 15) is 18.0 Å². The van der Waals surface area contributed by atoms with E-state index in [1.165, 1.54) is 28.9 Å². The van der Waals surface area contributed by atoms with Gasteiger partial charge in [0.25, 0.3) is 5.91 Å². The molecule has 1 aromatic heterocycles. The molecule has 0 saturated heterocycles. The summed E-state index contributed by atoms with van der Waals surface area (Å²) in [7, 11) is -3.87. The minimum Gasteiger partial charge on any atom is -0.460 e. The molecule has 0 atom stereocenters. The Kier molecular flexibility index (Phi) is 7.49. The van der Waals surface area contributed by atoms with E-state index in [0.717, 1.165) is 5.56 Å². The number of rotatable bonds is 8. The number of halogens is 1. The van der Waals surface area contributed by atoms with Gasteiger partial charge in [0.05, 0.1) is 16.3 Å². The molecule has 0 saturated carbocycles. The lowest BCUT2D eigenvalue weighted by atomic mass is 10.1. The maximum absolute atomic E-state index is 12.8. The number of sulfonamides is 1. The Morgan fingerprint density at radius 1 is 0.972 bits per heavy atom. The molecule has 0 aliphatic rings. The Labute approximate surface area is 212 Å². The number of aromatic nitrogens is 2. The number of carbonyl (C=O) groups excluding carboxylic acids is 2. The van der Waals surface area contributed by atoms with Gasteiger partial charge in [-0.2, -0.15) is 5.10 Å². The Morgan fingerprint density at radius 2 is 1.64 bits per heavy atom. The molecule has 4 rings (SSSR count). The van der Waals surface area contributed by atoms with E-state index >= 15 is 0 Å². The summed E-state index contributed by atoms with van der Waals surface area (Å²) in [6, 6.07) is 23.4. The third-order valence-electron chi connectivity index (χ3n) is 5.13. The minimum atomic E-state index is -3.87. The lowest BCUT2D eigenvalue weighted by Gasteiger charge is -2.08. The number of benzene rings is 3. The Balaban J connectivity index is 1.54. The van der Waals surface area contributed by atoms with Gasteiger partial charge in [-0.1, -0.05) is 54.1 Å². The largest absolute Gasteiger partial charge is 0.460 e. The van der Waals surface area contributed by atoms with Crippen molar-refractivity contribution in [1.29, 1.82) is 0 Å². The summed E-state index contributed by atoms with van der Waals surface area (Å²) in [6.45, 7) is -0.239. The van der Waals surface area contributed by atoms with Gasteiger partial charge in [-0.3, -0.25) is 9.59 Å². The van der Waals surface area contributed by atoms with Gasteiger partial charge < -0.3 is 10.1 Å². The Hall–Kier alpha value is -3.99. The van der Waals surface area contributed by atoms with Crippen molar-refractivity contribution in [3.63, 3.8) is 0 Å². The van der Waals surface area contributed by atoms with Crippen LogP contribution in [-0.2, 0) is 26.2 Å². The molecule has 11 heteroatoms. The summed E-state index contributed by atoms with van der Waals surface area (Å²) in [5, 5.41) is 12.6. The van der Waals surface area contributed by atoms with E-state index in [0.29, 0.717) is 22.0 Å². The monoisotopic (exact) mass is 524 g/mol. The average Bonchev–Trinajstić information content (AvgIpc) is 3.32. The van der Waals surface area contributed by atoms with Crippen molar-refractivity contribution in [1.82, 2.24) is 15.1 Å². The van der Waals surface area contributed by atoms with E-state index in [1.807, 2.05) is 30.3 Å². The van der Waals surface area contributed by atoms with Crippen LogP contribution in [0.1, 0.15) is 16.1 Å². The maximum Gasteiger partial charge on any atom is 0.325 e. The fourth-order valence-corrected chi connectivity index (χ4v) is 3.97. The Bertz CT molecular complexity index is 1490. The number of carbonyl (C=O) groups is 2. The van der Waals surface area contributed by atoms with E-state index in [1.54, 1.807) is 30.3 Å². The maximum atomic E-state index is 12.8. The zero-order valence-corrected chi connectivity index (χ0v) is 20.4. The summed E-state index contributed by atoms with van der Waals surface area (Å²) in [5.41, 5.74) is 2.63. The molecule has 0 unspecified atom stereocenters.